The van der Waals surface area contributed by atoms with Gasteiger partial charge in [0.05, 0.1) is 19.8 Å². The van der Waals surface area contributed by atoms with Crippen molar-refractivity contribution >= 4 is 23.2 Å². The summed E-state index contributed by atoms with van der Waals surface area (Å²) in [7, 11) is 0. The van der Waals surface area contributed by atoms with Crippen molar-refractivity contribution in [1.82, 2.24) is 0 Å². The molecule has 0 atom stereocenters. The monoisotopic (exact) mass is 428 g/mol. The number of benzene rings is 2. The number of carbonyl (C=O) groups is 2. The SMILES string of the molecule is CCOc1cc(C(=O)Nc2cc(NC(=O)C(C)C)ccc2C)cc(OCC)c1OCC. The summed E-state index contributed by atoms with van der Waals surface area (Å²) < 4.78 is 17.1. The van der Waals surface area contributed by atoms with Gasteiger partial charge in [0.15, 0.2) is 11.5 Å². The number of hydrogen-bond donors (Lipinski definition) is 2. The third-order valence-electron chi connectivity index (χ3n) is 4.45. The second kappa shape index (κ2) is 11.2. The molecule has 0 aliphatic carbocycles. The van der Waals surface area contributed by atoms with Crippen molar-refractivity contribution in [2.24, 2.45) is 5.92 Å². The highest BCUT2D eigenvalue weighted by molar-refractivity contribution is 6.06. The number of rotatable bonds is 10. The lowest BCUT2D eigenvalue weighted by atomic mass is 10.1. The number of amides is 2. The molecule has 0 radical (unpaired) electrons. The average molecular weight is 429 g/mol. The fourth-order valence-electron chi connectivity index (χ4n) is 2.84. The summed E-state index contributed by atoms with van der Waals surface area (Å²) in [5, 5.41) is 5.77. The van der Waals surface area contributed by atoms with E-state index in [0.717, 1.165) is 5.56 Å². The van der Waals surface area contributed by atoms with Gasteiger partial charge in [-0.05, 0) is 57.5 Å². The Balaban J connectivity index is 2.35. The second-order valence-electron chi connectivity index (χ2n) is 7.23. The predicted molar refractivity (Wildman–Crippen MR) is 123 cm³/mol. The first-order valence-electron chi connectivity index (χ1n) is 10.6. The summed E-state index contributed by atoms with van der Waals surface area (Å²) in [6.07, 6.45) is 0. The lowest BCUT2D eigenvalue weighted by Crippen LogP contribution is -2.18. The van der Waals surface area contributed by atoms with E-state index >= 15 is 0 Å². The number of carbonyl (C=O) groups excluding carboxylic acids is 2. The zero-order valence-corrected chi connectivity index (χ0v) is 19.1. The van der Waals surface area contributed by atoms with Crippen LogP contribution in [-0.4, -0.2) is 31.6 Å². The van der Waals surface area contributed by atoms with Gasteiger partial charge in [0, 0.05) is 22.9 Å². The van der Waals surface area contributed by atoms with Gasteiger partial charge in [-0.15, -0.1) is 0 Å². The van der Waals surface area contributed by atoms with Crippen LogP contribution in [-0.2, 0) is 4.79 Å². The van der Waals surface area contributed by atoms with Crippen molar-refractivity contribution in [3.05, 3.63) is 41.5 Å². The van der Waals surface area contributed by atoms with Crippen LogP contribution in [0.2, 0.25) is 0 Å². The standard InChI is InChI=1S/C24H32N2O5/c1-7-29-20-12-17(13-21(30-8-2)22(20)31-9-3)24(28)26-19-14-18(11-10-16(19)6)25-23(27)15(4)5/h10-15H,7-9H2,1-6H3,(H,25,27)(H,26,28). The molecule has 2 N–H and O–H groups in total. The lowest BCUT2D eigenvalue weighted by Gasteiger charge is -2.17. The molecule has 2 aromatic carbocycles. The van der Waals surface area contributed by atoms with E-state index < -0.39 is 0 Å². The van der Waals surface area contributed by atoms with Crippen LogP contribution in [0.3, 0.4) is 0 Å². The van der Waals surface area contributed by atoms with Gasteiger partial charge >= 0.3 is 0 Å². The number of nitrogens with one attached hydrogen (secondary N) is 2. The molecule has 168 valence electrons. The van der Waals surface area contributed by atoms with E-state index in [1.54, 1.807) is 18.2 Å². The summed E-state index contributed by atoms with van der Waals surface area (Å²) in [6, 6.07) is 8.69. The summed E-state index contributed by atoms with van der Waals surface area (Å²) in [4.78, 5) is 25.0. The van der Waals surface area contributed by atoms with Gasteiger partial charge in [0.2, 0.25) is 11.7 Å². The van der Waals surface area contributed by atoms with Crippen LogP contribution in [0, 0.1) is 12.8 Å². The van der Waals surface area contributed by atoms with Crippen LogP contribution in [0.1, 0.15) is 50.5 Å². The smallest absolute Gasteiger partial charge is 0.255 e. The minimum Gasteiger partial charge on any atom is -0.490 e. The zero-order chi connectivity index (χ0) is 23.0. The molecule has 2 aromatic rings. The number of aryl methyl sites for hydroxylation is 1. The third kappa shape index (κ3) is 6.38. The molecule has 31 heavy (non-hydrogen) atoms. The minimum atomic E-state index is -0.319. The van der Waals surface area contributed by atoms with Crippen LogP contribution < -0.4 is 24.8 Å². The van der Waals surface area contributed by atoms with E-state index in [1.165, 1.54) is 0 Å². The van der Waals surface area contributed by atoms with Crippen molar-refractivity contribution in [3.8, 4) is 17.2 Å². The predicted octanol–water partition coefficient (Wildman–Crippen LogP) is 5.04. The summed E-state index contributed by atoms with van der Waals surface area (Å²) in [6.45, 7) is 12.4. The molecule has 0 saturated heterocycles. The normalized spacial score (nSPS) is 10.5. The van der Waals surface area contributed by atoms with E-state index in [-0.39, 0.29) is 17.7 Å². The summed E-state index contributed by atoms with van der Waals surface area (Å²) >= 11 is 0. The first-order chi connectivity index (χ1) is 14.8. The molecule has 0 unspecified atom stereocenters. The Morgan fingerprint density at radius 3 is 1.97 bits per heavy atom. The number of hydrogen-bond acceptors (Lipinski definition) is 5. The molecule has 0 fully saturated rings. The van der Waals surface area contributed by atoms with Crippen LogP contribution in [0.4, 0.5) is 11.4 Å². The molecule has 0 heterocycles. The molecule has 0 aliphatic rings. The molecular weight excluding hydrogens is 396 g/mol. The zero-order valence-electron chi connectivity index (χ0n) is 19.1. The Kier molecular flexibility index (Phi) is 8.73. The first kappa shape index (κ1) is 24.1. The van der Waals surface area contributed by atoms with E-state index in [4.69, 9.17) is 14.2 Å². The van der Waals surface area contributed by atoms with Crippen molar-refractivity contribution in [2.45, 2.75) is 41.5 Å². The quantitative estimate of drug-likeness (QED) is 0.554. The maximum absolute atomic E-state index is 13.0. The van der Waals surface area contributed by atoms with Crippen LogP contribution >= 0.6 is 0 Å². The van der Waals surface area contributed by atoms with Gasteiger partial charge in [0.25, 0.3) is 5.91 Å². The van der Waals surface area contributed by atoms with Crippen LogP contribution in [0.5, 0.6) is 17.2 Å². The molecule has 0 bridgehead atoms. The highest BCUT2D eigenvalue weighted by Crippen LogP contribution is 2.39. The fourth-order valence-corrected chi connectivity index (χ4v) is 2.84. The minimum absolute atomic E-state index is 0.0876. The maximum atomic E-state index is 13.0. The molecule has 2 rings (SSSR count). The molecule has 2 amide bonds. The van der Waals surface area contributed by atoms with E-state index in [2.05, 4.69) is 10.6 Å². The first-order valence-corrected chi connectivity index (χ1v) is 10.6. The Hall–Kier alpha value is -3.22. The Morgan fingerprint density at radius 1 is 0.871 bits per heavy atom. The van der Waals surface area contributed by atoms with Gasteiger partial charge < -0.3 is 24.8 Å². The molecule has 0 aliphatic heterocycles. The van der Waals surface area contributed by atoms with Crippen LogP contribution in [0.15, 0.2) is 30.3 Å². The third-order valence-corrected chi connectivity index (χ3v) is 4.45. The lowest BCUT2D eigenvalue weighted by molar-refractivity contribution is -0.118. The Bertz CT molecular complexity index is 897. The van der Waals surface area contributed by atoms with E-state index in [1.807, 2.05) is 53.7 Å². The summed E-state index contributed by atoms with van der Waals surface area (Å²) in [5.41, 5.74) is 2.48. The number of anilines is 2. The molecule has 7 nitrogen and oxygen atoms in total. The molecule has 0 saturated carbocycles. The van der Waals surface area contributed by atoms with Gasteiger partial charge in [0.1, 0.15) is 0 Å². The maximum Gasteiger partial charge on any atom is 0.255 e. The second-order valence-corrected chi connectivity index (χ2v) is 7.23. The van der Waals surface area contributed by atoms with Gasteiger partial charge in [-0.2, -0.15) is 0 Å². The van der Waals surface area contributed by atoms with Crippen molar-refractivity contribution in [1.29, 1.82) is 0 Å². The van der Waals surface area contributed by atoms with Gasteiger partial charge in [-0.1, -0.05) is 19.9 Å². The molecular formula is C24H32N2O5. The van der Waals surface area contributed by atoms with Gasteiger partial charge in [-0.3, -0.25) is 9.59 Å². The van der Waals surface area contributed by atoms with Crippen LogP contribution in [0.25, 0.3) is 0 Å². The Labute approximate surface area is 184 Å². The van der Waals surface area contributed by atoms with Crippen molar-refractivity contribution < 1.29 is 23.8 Å². The van der Waals surface area contributed by atoms with Crippen molar-refractivity contribution in [3.63, 3.8) is 0 Å². The topological polar surface area (TPSA) is 85.9 Å². The Morgan fingerprint density at radius 2 is 1.45 bits per heavy atom. The largest absolute Gasteiger partial charge is 0.490 e. The fraction of sp³-hybridized carbons (Fsp3) is 0.417. The molecule has 0 spiro atoms. The average Bonchev–Trinajstić information content (AvgIpc) is 2.72. The summed E-state index contributed by atoms with van der Waals surface area (Å²) in [5.74, 6) is 0.843. The van der Waals surface area contributed by atoms with Crippen molar-refractivity contribution in [2.75, 3.05) is 30.5 Å². The molecule has 0 aromatic heterocycles. The molecule has 7 heteroatoms. The van der Waals surface area contributed by atoms with E-state index in [0.29, 0.717) is 54.0 Å². The van der Waals surface area contributed by atoms with Gasteiger partial charge in [-0.25, -0.2) is 0 Å². The highest BCUT2D eigenvalue weighted by atomic mass is 16.5. The highest BCUT2D eigenvalue weighted by Gasteiger charge is 2.19. The number of ether oxygens (including phenoxy) is 3. The van der Waals surface area contributed by atoms with E-state index in [9.17, 15) is 9.59 Å².